The molecule has 2 aromatic carbocycles. The van der Waals surface area contributed by atoms with Crippen LogP contribution >= 0.6 is 31.9 Å². The molecule has 1 nitrogen and oxygen atoms in total. The van der Waals surface area contributed by atoms with Crippen molar-refractivity contribution < 1.29 is 0 Å². The molecule has 98 valence electrons. The van der Waals surface area contributed by atoms with Crippen LogP contribution in [-0.2, 0) is 6.54 Å². The maximum absolute atomic E-state index is 3.58. The highest BCUT2D eigenvalue weighted by Crippen LogP contribution is 2.31. The second kappa shape index (κ2) is 5.68. The van der Waals surface area contributed by atoms with Crippen molar-refractivity contribution in [2.24, 2.45) is 0 Å². The van der Waals surface area contributed by atoms with Gasteiger partial charge in [0.25, 0.3) is 0 Å². The molecule has 1 aromatic heterocycles. The molecule has 3 heteroatoms. The van der Waals surface area contributed by atoms with Crippen LogP contribution in [0.2, 0.25) is 0 Å². The summed E-state index contributed by atoms with van der Waals surface area (Å²) in [6, 6.07) is 15.2. The first-order valence-electron chi connectivity index (χ1n) is 6.54. The van der Waals surface area contributed by atoms with Gasteiger partial charge in [0, 0.05) is 38.2 Å². The van der Waals surface area contributed by atoms with Crippen molar-refractivity contribution in [2.75, 3.05) is 5.33 Å². The summed E-state index contributed by atoms with van der Waals surface area (Å²) in [6.45, 7) is 1.08. The van der Waals surface area contributed by atoms with Gasteiger partial charge >= 0.3 is 0 Å². The third-order valence-electron chi connectivity index (χ3n) is 3.50. The molecule has 19 heavy (non-hydrogen) atoms. The molecule has 0 amide bonds. The minimum absolute atomic E-state index is 1.08. The average Bonchev–Trinajstić information content (AvgIpc) is 2.73. The minimum atomic E-state index is 1.08. The maximum Gasteiger partial charge on any atom is 0.0492 e. The topological polar surface area (TPSA) is 4.93 Å². The standard InChI is InChI=1S/C16H15Br2N/c17-9-3-4-10-19-15-6-2-1-5-13(15)14-11-12(18)7-8-16(14)19/h1-2,5-8,11H,3-4,9-10H2. The van der Waals surface area contributed by atoms with E-state index >= 15 is 0 Å². The first-order valence-corrected chi connectivity index (χ1v) is 8.45. The summed E-state index contributed by atoms with van der Waals surface area (Å²) in [6.07, 6.45) is 2.42. The van der Waals surface area contributed by atoms with Gasteiger partial charge in [-0.2, -0.15) is 0 Å². The lowest BCUT2D eigenvalue weighted by molar-refractivity contribution is 0.670. The molecule has 0 aliphatic rings. The average molecular weight is 381 g/mol. The van der Waals surface area contributed by atoms with Crippen LogP contribution < -0.4 is 0 Å². The Morgan fingerprint density at radius 3 is 2.53 bits per heavy atom. The molecule has 0 atom stereocenters. The zero-order chi connectivity index (χ0) is 13.2. The van der Waals surface area contributed by atoms with Gasteiger partial charge in [0.15, 0.2) is 0 Å². The van der Waals surface area contributed by atoms with Crippen molar-refractivity contribution in [1.29, 1.82) is 0 Å². The van der Waals surface area contributed by atoms with Crippen molar-refractivity contribution in [3.05, 3.63) is 46.9 Å². The Balaban J connectivity index is 2.21. The number of aryl methyl sites for hydroxylation is 1. The van der Waals surface area contributed by atoms with Crippen molar-refractivity contribution in [3.63, 3.8) is 0 Å². The summed E-state index contributed by atoms with van der Waals surface area (Å²) < 4.78 is 3.59. The number of halogens is 2. The van der Waals surface area contributed by atoms with Crippen LogP contribution in [0.3, 0.4) is 0 Å². The van der Waals surface area contributed by atoms with Gasteiger partial charge in [0.1, 0.15) is 0 Å². The first-order chi connectivity index (χ1) is 9.31. The molecule has 0 N–H and O–H groups in total. The van der Waals surface area contributed by atoms with E-state index in [4.69, 9.17) is 0 Å². The molecule has 0 radical (unpaired) electrons. The van der Waals surface area contributed by atoms with Crippen molar-refractivity contribution in [2.45, 2.75) is 19.4 Å². The van der Waals surface area contributed by atoms with E-state index in [2.05, 4.69) is 78.9 Å². The van der Waals surface area contributed by atoms with E-state index in [1.807, 2.05) is 0 Å². The Hall–Kier alpha value is -0.800. The van der Waals surface area contributed by atoms with Crippen LogP contribution in [0.4, 0.5) is 0 Å². The number of rotatable bonds is 4. The second-order valence-corrected chi connectivity index (χ2v) is 6.44. The molecular weight excluding hydrogens is 366 g/mol. The molecule has 0 aliphatic carbocycles. The molecule has 0 saturated heterocycles. The van der Waals surface area contributed by atoms with Crippen LogP contribution in [0.25, 0.3) is 21.8 Å². The predicted molar refractivity (Wildman–Crippen MR) is 90.2 cm³/mol. The van der Waals surface area contributed by atoms with E-state index < -0.39 is 0 Å². The van der Waals surface area contributed by atoms with E-state index in [0.29, 0.717) is 0 Å². The van der Waals surface area contributed by atoms with E-state index in [-0.39, 0.29) is 0 Å². The molecule has 3 aromatic rings. The molecule has 3 rings (SSSR count). The van der Waals surface area contributed by atoms with Gasteiger partial charge in [-0.15, -0.1) is 0 Å². The first kappa shape index (κ1) is 13.2. The fourth-order valence-electron chi connectivity index (χ4n) is 2.63. The Morgan fingerprint density at radius 2 is 1.68 bits per heavy atom. The van der Waals surface area contributed by atoms with Crippen LogP contribution in [0.1, 0.15) is 12.8 Å². The highest BCUT2D eigenvalue weighted by Gasteiger charge is 2.09. The van der Waals surface area contributed by atoms with Crippen molar-refractivity contribution in [3.8, 4) is 0 Å². The number of aromatic nitrogens is 1. The number of fused-ring (bicyclic) bond motifs is 3. The normalized spacial score (nSPS) is 11.5. The number of alkyl halides is 1. The zero-order valence-corrected chi connectivity index (χ0v) is 13.7. The van der Waals surface area contributed by atoms with Gasteiger partial charge < -0.3 is 4.57 Å². The summed E-state index contributed by atoms with van der Waals surface area (Å²) in [5.41, 5.74) is 2.67. The van der Waals surface area contributed by atoms with Gasteiger partial charge in [-0.05, 0) is 37.1 Å². The summed E-state index contributed by atoms with van der Waals surface area (Å²) in [5, 5.41) is 3.76. The molecule has 0 fully saturated rings. The Kier molecular flexibility index (Phi) is 3.94. The van der Waals surface area contributed by atoms with Gasteiger partial charge in [-0.1, -0.05) is 50.1 Å². The highest BCUT2D eigenvalue weighted by atomic mass is 79.9. The lowest BCUT2D eigenvalue weighted by Gasteiger charge is -2.06. The van der Waals surface area contributed by atoms with E-state index in [1.54, 1.807) is 0 Å². The van der Waals surface area contributed by atoms with E-state index in [1.165, 1.54) is 34.6 Å². The SMILES string of the molecule is BrCCCCn1c2ccccc2c2cc(Br)ccc21. The minimum Gasteiger partial charge on any atom is -0.340 e. The van der Waals surface area contributed by atoms with Crippen LogP contribution in [0.15, 0.2) is 46.9 Å². The molecule has 0 saturated carbocycles. The summed E-state index contributed by atoms with van der Waals surface area (Å²) >= 11 is 7.08. The number of hydrogen-bond donors (Lipinski definition) is 0. The van der Waals surface area contributed by atoms with Crippen LogP contribution in [0, 0.1) is 0 Å². The lowest BCUT2D eigenvalue weighted by Crippen LogP contribution is -1.97. The predicted octanol–water partition coefficient (Wildman–Crippen LogP) is 5.73. The summed E-state index contributed by atoms with van der Waals surface area (Å²) in [5.74, 6) is 0. The molecular formula is C16H15Br2N. The number of para-hydroxylation sites is 1. The van der Waals surface area contributed by atoms with Gasteiger partial charge in [-0.3, -0.25) is 0 Å². The Labute approximate surface area is 129 Å². The smallest absolute Gasteiger partial charge is 0.0492 e. The van der Waals surface area contributed by atoms with Crippen LogP contribution in [0.5, 0.6) is 0 Å². The lowest BCUT2D eigenvalue weighted by atomic mass is 10.2. The quantitative estimate of drug-likeness (QED) is 0.402. The Morgan fingerprint density at radius 1 is 0.895 bits per heavy atom. The largest absolute Gasteiger partial charge is 0.340 e. The summed E-state index contributed by atoms with van der Waals surface area (Å²) in [7, 11) is 0. The van der Waals surface area contributed by atoms with E-state index in [9.17, 15) is 0 Å². The zero-order valence-electron chi connectivity index (χ0n) is 10.6. The third kappa shape index (κ3) is 2.46. The fourth-order valence-corrected chi connectivity index (χ4v) is 3.39. The van der Waals surface area contributed by atoms with Crippen molar-refractivity contribution >= 4 is 53.7 Å². The molecule has 0 bridgehead atoms. The molecule has 0 spiro atoms. The molecule has 0 unspecified atom stereocenters. The number of nitrogens with zero attached hydrogens (tertiary/aromatic N) is 1. The fraction of sp³-hybridized carbons (Fsp3) is 0.250. The van der Waals surface area contributed by atoms with Gasteiger partial charge in [0.05, 0.1) is 0 Å². The van der Waals surface area contributed by atoms with Gasteiger partial charge in [0.2, 0.25) is 0 Å². The number of unbranched alkanes of at least 4 members (excludes halogenated alkanes) is 1. The Bertz CT molecular complexity index is 715. The van der Waals surface area contributed by atoms with E-state index in [0.717, 1.165) is 16.3 Å². The summed E-state index contributed by atoms with van der Waals surface area (Å²) in [4.78, 5) is 0. The highest BCUT2D eigenvalue weighted by molar-refractivity contribution is 9.10. The maximum atomic E-state index is 3.58. The van der Waals surface area contributed by atoms with Gasteiger partial charge in [-0.25, -0.2) is 0 Å². The molecule has 1 heterocycles. The second-order valence-electron chi connectivity index (χ2n) is 4.73. The molecule has 0 aliphatic heterocycles. The van der Waals surface area contributed by atoms with Crippen LogP contribution in [-0.4, -0.2) is 9.90 Å². The number of hydrogen-bond acceptors (Lipinski definition) is 0. The monoisotopic (exact) mass is 379 g/mol. The van der Waals surface area contributed by atoms with Crippen molar-refractivity contribution in [1.82, 2.24) is 4.57 Å². The third-order valence-corrected chi connectivity index (χ3v) is 4.55. The number of benzene rings is 2.